The Balaban J connectivity index is 1.89. The van der Waals surface area contributed by atoms with Gasteiger partial charge in [-0.1, -0.05) is 0 Å². The molecule has 0 aliphatic carbocycles. The average Bonchev–Trinajstić information content (AvgIpc) is 2.56. The van der Waals surface area contributed by atoms with Crippen LogP contribution < -0.4 is 10.5 Å². The van der Waals surface area contributed by atoms with Crippen LogP contribution in [0, 0.1) is 0 Å². The molecular weight excluding hydrogens is 401 g/mol. The van der Waals surface area contributed by atoms with Crippen LogP contribution in [0.5, 0.6) is 0 Å². The van der Waals surface area contributed by atoms with Crippen molar-refractivity contribution >= 4 is 27.5 Å². The van der Waals surface area contributed by atoms with Crippen LogP contribution in [0.1, 0.15) is 17.5 Å². The Hall–Kier alpha value is -2.09. The summed E-state index contributed by atoms with van der Waals surface area (Å²) in [5.41, 5.74) is -0.0618. The normalized spacial score (nSPS) is 14.3. The highest BCUT2D eigenvalue weighted by Crippen LogP contribution is 2.35. The van der Waals surface area contributed by atoms with Crippen molar-refractivity contribution in [1.82, 2.24) is 4.57 Å². The molecular formula is C17H14BrF3N2O2. The van der Waals surface area contributed by atoms with Gasteiger partial charge in [0.15, 0.2) is 0 Å². The lowest BCUT2D eigenvalue weighted by Gasteiger charge is -2.30. The summed E-state index contributed by atoms with van der Waals surface area (Å²) in [6.07, 6.45) is -1.84. The minimum atomic E-state index is -4.41. The lowest BCUT2D eigenvalue weighted by atomic mass is 9.99. The SMILES string of the molecule is O=C(Cn1cc(Br)ccc1=O)N1CCCc2cc(C(F)(F)F)ccc21. The van der Waals surface area contributed by atoms with Gasteiger partial charge in [0.2, 0.25) is 5.91 Å². The number of rotatable bonds is 2. The van der Waals surface area contributed by atoms with Gasteiger partial charge < -0.3 is 9.47 Å². The van der Waals surface area contributed by atoms with Crippen LogP contribution in [0.3, 0.4) is 0 Å². The summed E-state index contributed by atoms with van der Waals surface area (Å²) in [7, 11) is 0. The first-order chi connectivity index (χ1) is 11.8. The van der Waals surface area contributed by atoms with E-state index in [0.29, 0.717) is 35.1 Å². The number of pyridine rings is 1. The van der Waals surface area contributed by atoms with E-state index in [1.54, 1.807) is 6.07 Å². The predicted molar refractivity (Wildman–Crippen MR) is 90.5 cm³/mol. The highest BCUT2D eigenvalue weighted by molar-refractivity contribution is 9.10. The Morgan fingerprint density at radius 3 is 2.68 bits per heavy atom. The molecule has 0 radical (unpaired) electrons. The molecule has 1 aliphatic rings. The number of hydrogen-bond acceptors (Lipinski definition) is 2. The van der Waals surface area contributed by atoms with Crippen molar-refractivity contribution in [3.8, 4) is 0 Å². The molecule has 0 fully saturated rings. The number of carbonyl (C=O) groups excluding carboxylic acids is 1. The van der Waals surface area contributed by atoms with E-state index < -0.39 is 11.7 Å². The third-order valence-corrected chi connectivity index (χ3v) is 4.55. The maximum atomic E-state index is 12.9. The van der Waals surface area contributed by atoms with Gasteiger partial charge >= 0.3 is 6.18 Å². The number of anilines is 1. The molecule has 132 valence electrons. The van der Waals surface area contributed by atoms with Crippen LogP contribution in [0.15, 0.2) is 45.8 Å². The fourth-order valence-electron chi connectivity index (χ4n) is 2.89. The van der Waals surface area contributed by atoms with Gasteiger partial charge in [0.25, 0.3) is 5.56 Å². The van der Waals surface area contributed by atoms with Crippen LogP contribution >= 0.6 is 15.9 Å². The first-order valence-electron chi connectivity index (χ1n) is 7.62. The quantitative estimate of drug-likeness (QED) is 0.753. The highest BCUT2D eigenvalue weighted by Gasteiger charge is 2.32. The second kappa shape index (κ2) is 6.67. The number of aryl methyl sites for hydroxylation is 1. The smallest absolute Gasteiger partial charge is 0.311 e. The number of amides is 1. The Labute approximate surface area is 150 Å². The van der Waals surface area contributed by atoms with E-state index in [4.69, 9.17) is 0 Å². The summed E-state index contributed by atoms with van der Waals surface area (Å²) in [5.74, 6) is -0.332. The molecule has 0 saturated carbocycles. The maximum absolute atomic E-state index is 12.9. The van der Waals surface area contributed by atoms with Crippen molar-refractivity contribution in [1.29, 1.82) is 0 Å². The van der Waals surface area contributed by atoms with Crippen molar-refractivity contribution in [3.05, 3.63) is 62.5 Å². The number of halogens is 4. The third-order valence-electron chi connectivity index (χ3n) is 4.08. The van der Waals surface area contributed by atoms with E-state index in [1.165, 1.54) is 27.8 Å². The van der Waals surface area contributed by atoms with E-state index >= 15 is 0 Å². The van der Waals surface area contributed by atoms with Gasteiger partial charge in [-0.2, -0.15) is 13.2 Å². The molecule has 2 heterocycles. The standard InChI is InChI=1S/C17H14BrF3N2O2/c18-13-4-6-15(24)22(9-13)10-16(25)23-7-1-2-11-8-12(17(19,20)21)3-5-14(11)23/h3-6,8-9H,1-2,7,10H2. The van der Waals surface area contributed by atoms with E-state index in [2.05, 4.69) is 15.9 Å². The monoisotopic (exact) mass is 414 g/mol. The van der Waals surface area contributed by atoms with Crippen molar-refractivity contribution in [2.24, 2.45) is 0 Å². The molecule has 1 aromatic carbocycles. The molecule has 0 saturated heterocycles. The van der Waals surface area contributed by atoms with E-state index in [1.807, 2.05) is 0 Å². The lowest BCUT2D eigenvalue weighted by molar-refractivity contribution is -0.137. The van der Waals surface area contributed by atoms with Crippen molar-refractivity contribution < 1.29 is 18.0 Å². The zero-order valence-electron chi connectivity index (χ0n) is 13.0. The second-order valence-corrected chi connectivity index (χ2v) is 6.72. The van der Waals surface area contributed by atoms with Gasteiger partial charge in [0.05, 0.1) is 5.56 Å². The number of carbonyl (C=O) groups is 1. The summed E-state index contributed by atoms with van der Waals surface area (Å²) in [6.45, 7) is 0.249. The minimum absolute atomic E-state index is 0.168. The Bertz CT molecular complexity index is 877. The summed E-state index contributed by atoms with van der Waals surface area (Å²) >= 11 is 3.24. The van der Waals surface area contributed by atoms with Crippen molar-refractivity contribution in [2.45, 2.75) is 25.6 Å². The topological polar surface area (TPSA) is 42.3 Å². The average molecular weight is 415 g/mol. The van der Waals surface area contributed by atoms with Gasteiger partial charge in [0, 0.05) is 29.0 Å². The number of hydrogen-bond donors (Lipinski definition) is 0. The fraction of sp³-hybridized carbons (Fsp3) is 0.294. The second-order valence-electron chi connectivity index (χ2n) is 5.80. The van der Waals surface area contributed by atoms with Crippen LogP contribution in [0.25, 0.3) is 0 Å². The Kier molecular flexibility index (Phi) is 4.73. The molecule has 1 amide bonds. The molecule has 0 atom stereocenters. The first-order valence-corrected chi connectivity index (χ1v) is 8.41. The van der Waals surface area contributed by atoms with Crippen LogP contribution in [-0.2, 0) is 23.9 Å². The summed E-state index contributed by atoms with van der Waals surface area (Å²) < 4.78 is 40.5. The lowest BCUT2D eigenvalue weighted by Crippen LogP contribution is -2.39. The minimum Gasteiger partial charge on any atom is -0.311 e. The third kappa shape index (κ3) is 3.78. The molecule has 8 heteroatoms. The van der Waals surface area contributed by atoms with Crippen molar-refractivity contribution in [3.63, 3.8) is 0 Å². The zero-order chi connectivity index (χ0) is 18.2. The van der Waals surface area contributed by atoms with E-state index in [0.717, 1.165) is 12.1 Å². The van der Waals surface area contributed by atoms with Crippen LogP contribution in [-0.4, -0.2) is 17.0 Å². The number of fused-ring (bicyclic) bond motifs is 1. The van der Waals surface area contributed by atoms with E-state index in [9.17, 15) is 22.8 Å². The van der Waals surface area contributed by atoms with Gasteiger partial charge in [0.1, 0.15) is 6.54 Å². The zero-order valence-corrected chi connectivity index (χ0v) is 14.6. The summed E-state index contributed by atoms with van der Waals surface area (Å²) in [6, 6.07) is 6.34. The Morgan fingerprint density at radius 1 is 1.20 bits per heavy atom. The highest BCUT2D eigenvalue weighted by atomic mass is 79.9. The molecule has 0 N–H and O–H groups in total. The van der Waals surface area contributed by atoms with Gasteiger partial charge in [-0.3, -0.25) is 9.59 Å². The molecule has 0 bridgehead atoms. The van der Waals surface area contributed by atoms with Gasteiger partial charge in [-0.25, -0.2) is 0 Å². The van der Waals surface area contributed by atoms with Crippen LogP contribution in [0.4, 0.5) is 18.9 Å². The summed E-state index contributed by atoms with van der Waals surface area (Å²) in [5, 5.41) is 0. The number of nitrogens with zero attached hydrogens (tertiary/aromatic N) is 2. The van der Waals surface area contributed by atoms with Crippen LogP contribution in [0.2, 0.25) is 0 Å². The van der Waals surface area contributed by atoms with Gasteiger partial charge in [-0.05, 0) is 58.6 Å². The molecule has 0 spiro atoms. The first kappa shape index (κ1) is 17.7. The molecule has 1 aliphatic heterocycles. The molecule has 3 rings (SSSR count). The number of alkyl halides is 3. The van der Waals surface area contributed by atoms with Crippen molar-refractivity contribution in [2.75, 3.05) is 11.4 Å². The molecule has 1 aromatic heterocycles. The number of aromatic nitrogens is 1. The largest absolute Gasteiger partial charge is 0.416 e. The molecule has 25 heavy (non-hydrogen) atoms. The molecule has 2 aromatic rings. The summed E-state index contributed by atoms with van der Waals surface area (Å²) in [4.78, 5) is 25.9. The molecule has 0 unspecified atom stereocenters. The maximum Gasteiger partial charge on any atom is 0.416 e. The molecule has 4 nitrogen and oxygen atoms in total. The fourth-order valence-corrected chi connectivity index (χ4v) is 3.27. The van der Waals surface area contributed by atoms with E-state index in [-0.39, 0.29) is 18.0 Å². The number of benzene rings is 1. The Morgan fingerprint density at radius 2 is 1.96 bits per heavy atom. The van der Waals surface area contributed by atoms with Gasteiger partial charge in [-0.15, -0.1) is 0 Å². The predicted octanol–water partition coefficient (Wildman–Crippen LogP) is 3.61.